The van der Waals surface area contributed by atoms with Crippen molar-refractivity contribution in [1.82, 2.24) is 4.98 Å². The van der Waals surface area contributed by atoms with Gasteiger partial charge in [-0.25, -0.2) is 4.79 Å². The van der Waals surface area contributed by atoms with E-state index in [9.17, 15) is 10.1 Å². The summed E-state index contributed by atoms with van der Waals surface area (Å²) in [6.45, 7) is 0. The molecule has 4 rings (SSSR count). The van der Waals surface area contributed by atoms with Crippen LogP contribution in [0.3, 0.4) is 0 Å². The molecule has 2 aromatic carbocycles. The van der Waals surface area contributed by atoms with Crippen LogP contribution < -0.4 is 5.63 Å². The predicted molar refractivity (Wildman–Crippen MR) is 99.4 cm³/mol. The smallest absolute Gasteiger partial charge is 0.354 e. The number of halogens is 1. The Morgan fingerprint density at radius 1 is 1.12 bits per heavy atom. The van der Waals surface area contributed by atoms with Gasteiger partial charge in [-0.1, -0.05) is 42.0 Å². The van der Waals surface area contributed by atoms with Crippen molar-refractivity contribution in [3.05, 3.63) is 80.8 Å². The normalized spacial score (nSPS) is 11.4. The molecule has 5 heteroatoms. The van der Waals surface area contributed by atoms with Crippen LogP contribution in [0.4, 0.5) is 0 Å². The number of H-pyrrole nitrogens is 1. The van der Waals surface area contributed by atoms with Gasteiger partial charge in [0, 0.05) is 33.1 Å². The molecular weight excluding hydrogens is 336 g/mol. The maximum Gasteiger partial charge on any atom is 0.354 e. The average Bonchev–Trinajstić information content (AvgIpc) is 3.03. The summed E-state index contributed by atoms with van der Waals surface area (Å²) in [5.74, 6) is 0. The molecule has 0 amide bonds. The van der Waals surface area contributed by atoms with Crippen LogP contribution in [0.15, 0.2) is 57.9 Å². The van der Waals surface area contributed by atoms with Crippen LogP contribution >= 0.6 is 11.6 Å². The number of hydrogen-bond donors (Lipinski definition) is 1. The Kier molecular flexibility index (Phi) is 3.64. The van der Waals surface area contributed by atoms with Crippen LogP contribution in [0.2, 0.25) is 5.02 Å². The molecule has 0 fully saturated rings. The van der Waals surface area contributed by atoms with Crippen LogP contribution in [-0.2, 0) is 0 Å². The molecule has 0 radical (unpaired) electrons. The zero-order valence-corrected chi connectivity index (χ0v) is 13.7. The van der Waals surface area contributed by atoms with Gasteiger partial charge in [0.15, 0.2) is 0 Å². The van der Waals surface area contributed by atoms with E-state index in [0.29, 0.717) is 21.6 Å². The quantitative estimate of drug-likeness (QED) is 0.521. The number of aromatic amines is 1. The van der Waals surface area contributed by atoms with Gasteiger partial charge in [0.05, 0.1) is 0 Å². The number of para-hydroxylation sites is 1. The van der Waals surface area contributed by atoms with E-state index >= 15 is 0 Å². The number of benzene rings is 2. The topological polar surface area (TPSA) is 69.8 Å². The number of hydrogen-bond acceptors (Lipinski definition) is 3. The monoisotopic (exact) mass is 346 g/mol. The summed E-state index contributed by atoms with van der Waals surface area (Å²) in [5.41, 5.74) is 2.18. The van der Waals surface area contributed by atoms with Gasteiger partial charge in [-0.15, -0.1) is 0 Å². The van der Waals surface area contributed by atoms with E-state index in [4.69, 9.17) is 16.0 Å². The lowest BCUT2D eigenvalue weighted by Crippen LogP contribution is -2.06. The molecule has 0 spiro atoms. The van der Waals surface area contributed by atoms with Gasteiger partial charge in [0.1, 0.15) is 17.2 Å². The Morgan fingerprint density at radius 2 is 1.96 bits per heavy atom. The Hall–Kier alpha value is -3.29. The first-order chi connectivity index (χ1) is 12.2. The van der Waals surface area contributed by atoms with E-state index in [2.05, 4.69) is 4.98 Å². The third kappa shape index (κ3) is 2.61. The Labute approximate surface area is 147 Å². The molecule has 0 atom stereocenters. The molecule has 0 bridgehead atoms. The van der Waals surface area contributed by atoms with Crippen LogP contribution in [0.5, 0.6) is 0 Å². The largest absolute Gasteiger partial charge is 0.422 e. The molecule has 0 aliphatic carbocycles. The second kappa shape index (κ2) is 5.97. The van der Waals surface area contributed by atoms with Crippen molar-refractivity contribution < 1.29 is 4.42 Å². The molecule has 120 valence electrons. The van der Waals surface area contributed by atoms with Gasteiger partial charge >= 0.3 is 5.63 Å². The Bertz CT molecular complexity index is 1240. The second-order valence-corrected chi connectivity index (χ2v) is 5.99. The van der Waals surface area contributed by atoms with E-state index in [1.807, 2.05) is 42.6 Å². The number of rotatable bonds is 2. The molecular formula is C20H11ClN2O2. The molecule has 4 aromatic rings. The van der Waals surface area contributed by atoms with Crippen molar-refractivity contribution in [2.45, 2.75) is 0 Å². The molecule has 1 N–H and O–H groups in total. The van der Waals surface area contributed by atoms with Crippen molar-refractivity contribution >= 4 is 45.6 Å². The fraction of sp³-hybridized carbons (Fsp3) is 0. The molecule has 0 saturated carbocycles. The number of nitriles is 1. The summed E-state index contributed by atoms with van der Waals surface area (Å²) in [4.78, 5) is 15.3. The minimum Gasteiger partial charge on any atom is -0.422 e. The summed E-state index contributed by atoms with van der Waals surface area (Å²) < 4.78 is 5.21. The molecule has 2 heterocycles. The first-order valence-corrected chi connectivity index (χ1v) is 7.96. The summed E-state index contributed by atoms with van der Waals surface area (Å²) in [6.07, 6.45) is 5.51. The molecule has 2 aromatic heterocycles. The van der Waals surface area contributed by atoms with Crippen LogP contribution in [-0.4, -0.2) is 4.98 Å². The highest BCUT2D eigenvalue weighted by Crippen LogP contribution is 2.26. The summed E-state index contributed by atoms with van der Waals surface area (Å²) in [6, 6.07) is 14.8. The van der Waals surface area contributed by atoms with Crippen molar-refractivity contribution in [2.75, 3.05) is 0 Å². The van der Waals surface area contributed by atoms with E-state index in [1.165, 1.54) is 0 Å². The van der Waals surface area contributed by atoms with Gasteiger partial charge in [-0.05, 0) is 29.8 Å². The molecule has 0 saturated heterocycles. The maximum atomic E-state index is 12.1. The summed E-state index contributed by atoms with van der Waals surface area (Å²) in [7, 11) is 0. The second-order valence-electron chi connectivity index (χ2n) is 5.55. The summed E-state index contributed by atoms with van der Waals surface area (Å²) in [5, 5.41) is 11.6. The minimum atomic E-state index is -0.657. The van der Waals surface area contributed by atoms with Crippen LogP contribution in [0.1, 0.15) is 16.7 Å². The van der Waals surface area contributed by atoms with Gasteiger partial charge in [-0.3, -0.25) is 0 Å². The fourth-order valence-corrected chi connectivity index (χ4v) is 3.05. The number of nitrogens with zero attached hydrogens (tertiary/aromatic N) is 1. The molecule has 0 unspecified atom stereocenters. The lowest BCUT2D eigenvalue weighted by molar-refractivity contribution is 0.558. The SMILES string of the molecule is N#Cc1c(/C=C/c2c[nH]c3ccccc23)c2cc(Cl)ccc2oc1=O. The predicted octanol–water partition coefficient (Wildman–Crippen LogP) is 4.97. The van der Waals surface area contributed by atoms with Gasteiger partial charge in [-0.2, -0.15) is 5.26 Å². The first-order valence-electron chi connectivity index (χ1n) is 7.58. The van der Waals surface area contributed by atoms with Crippen molar-refractivity contribution in [1.29, 1.82) is 5.26 Å². The highest BCUT2D eigenvalue weighted by atomic mass is 35.5. The molecule has 25 heavy (non-hydrogen) atoms. The van der Waals surface area contributed by atoms with Crippen molar-refractivity contribution in [3.8, 4) is 6.07 Å². The van der Waals surface area contributed by atoms with E-state index in [0.717, 1.165) is 16.5 Å². The third-order valence-electron chi connectivity index (χ3n) is 4.07. The zero-order valence-electron chi connectivity index (χ0n) is 12.9. The molecule has 0 aliphatic rings. The van der Waals surface area contributed by atoms with Crippen molar-refractivity contribution in [3.63, 3.8) is 0 Å². The standard InChI is InChI=1S/C20H11ClN2O2/c21-13-6-8-19-16(9-13)15(17(10-22)20(24)25-19)7-5-12-11-23-18-4-2-1-3-14(12)18/h1-9,11,23H/b7-5+. The lowest BCUT2D eigenvalue weighted by atomic mass is 10.0. The third-order valence-corrected chi connectivity index (χ3v) is 4.31. The Morgan fingerprint density at radius 3 is 2.80 bits per heavy atom. The van der Waals surface area contributed by atoms with Gasteiger partial charge in [0.25, 0.3) is 0 Å². The number of nitrogens with one attached hydrogen (secondary N) is 1. The minimum absolute atomic E-state index is 0.0362. The van der Waals surface area contributed by atoms with Crippen LogP contribution in [0, 0.1) is 11.3 Å². The number of fused-ring (bicyclic) bond motifs is 2. The maximum absolute atomic E-state index is 12.1. The summed E-state index contributed by atoms with van der Waals surface area (Å²) >= 11 is 6.07. The number of aromatic nitrogens is 1. The van der Waals surface area contributed by atoms with E-state index in [1.54, 1.807) is 24.3 Å². The Balaban J connectivity index is 1.95. The van der Waals surface area contributed by atoms with E-state index < -0.39 is 5.63 Å². The van der Waals surface area contributed by atoms with Crippen LogP contribution in [0.25, 0.3) is 34.0 Å². The van der Waals surface area contributed by atoms with Crippen molar-refractivity contribution in [2.24, 2.45) is 0 Å². The van der Waals surface area contributed by atoms with Gasteiger partial charge < -0.3 is 9.40 Å². The average molecular weight is 347 g/mol. The molecule has 0 aliphatic heterocycles. The van der Waals surface area contributed by atoms with E-state index in [-0.39, 0.29) is 5.56 Å². The molecule has 4 nitrogen and oxygen atoms in total. The fourth-order valence-electron chi connectivity index (χ4n) is 2.88. The van der Waals surface area contributed by atoms with Gasteiger partial charge in [0.2, 0.25) is 0 Å². The zero-order chi connectivity index (χ0) is 17.4. The highest BCUT2D eigenvalue weighted by Gasteiger charge is 2.13. The lowest BCUT2D eigenvalue weighted by Gasteiger charge is -2.04. The first kappa shape index (κ1) is 15.3. The highest BCUT2D eigenvalue weighted by molar-refractivity contribution is 6.31.